The Morgan fingerprint density at radius 3 is 2.23 bits per heavy atom. The standard InChI is InChI=1S/C26H28FN11O2/c1-36-15-22(14-35-36)24-29-10-20(11-30-24)2-3-21-12-31-25(32-13-21)37-5-6-38(26-33-18-28-19-34-26)23(16-37)17-40-9-8-39-7-4-27/h10-15,18-19,23H,4-9,16-17H2,1H3/t23-/m1/s1. The summed E-state index contributed by atoms with van der Waals surface area (Å²) >= 11 is 0. The van der Waals surface area contributed by atoms with Crippen molar-refractivity contribution in [1.29, 1.82) is 0 Å². The first-order valence-corrected chi connectivity index (χ1v) is 12.7. The summed E-state index contributed by atoms with van der Waals surface area (Å²) in [5.74, 6) is 7.89. The molecule has 13 nitrogen and oxygen atoms in total. The van der Waals surface area contributed by atoms with Gasteiger partial charge in [-0.25, -0.2) is 39.3 Å². The van der Waals surface area contributed by atoms with Gasteiger partial charge in [-0.15, -0.1) is 0 Å². The summed E-state index contributed by atoms with van der Waals surface area (Å²) in [7, 11) is 1.84. The molecule has 1 fully saturated rings. The minimum atomic E-state index is -0.510. The second-order valence-corrected chi connectivity index (χ2v) is 8.83. The van der Waals surface area contributed by atoms with Crippen molar-refractivity contribution < 1.29 is 13.9 Å². The molecule has 0 aromatic carbocycles. The van der Waals surface area contributed by atoms with Crippen molar-refractivity contribution >= 4 is 11.9 Å². The summed E-state index contributed by atoms with van der Waals surface area (Å²) in [6, 6.07) is -0.0602. The maximum Gasteiger partial charge on any atom is 0.228 e. The summed E-state index contributed by atoms with van der Waals surface area (Å²) in [4.78, 5) is 34.5. The molecular weight excluding hydrogens is 517 g/mol. The van der Waals surface area contributed by atoms with Gasteiger partial charge in [0.1, 0.15) is 19.3 Å². The van der Waals surface area contributed by atoms with Crippen molar-refractivity contribution in [3.63, 3.8) is 0 Å². The number of alkyl halides is 1. The third-order valence-corrected chi connectivity index (χ3v) is 6.01. The van der Waals surface area contributed by atoms with E-state index in [4.69, 9.17) is 9.47 Å². The zero-order chi connectivity index (χ0) is 27.6. The number of nitrogens with zero attached hydrogens (tertiary/aromatic N) is 11. The van der Waals surface area contributed by atoms with Crippen LogP contribution in [0.5, 0.6) is 0 Å². The van der Waals surface area contributed by atoms with Gasteiger partial charge in [-0.2, -0.15) is 5.10 Å². The first kappa shape index (κ1) is 27.0. The lowest BCUT2D eigenvalue weighted by molar-refractivity contribution is 0.0371. The maximum absolute atomic E-state index is 12.2. The molecule has 0 aliphatic carbocycles. The number of ether oxygens (including phenoxy) is 2. The first-order valence-electron chi connectivity index (χ1n) is 12.7. The van der Waals surface area contributed by atoms with Crippen molar-refractivity contribution in [2.45, 2.75) is 6.04 Å². The minimum absolute atomic E-state index is 0.0602. The molecule has 0 spiro atoms. The monoisotopic (exact) mass is 545 g/mol. The Morgan fingerprint density at radius 2 is 1.55 bits per heavy atom. The molecule has 1 saturated heterocycles. The van der Waals surface area contributed by atoms with Crippen LogP contribution in [0.1, 0.15) is 11.1 Å². The zero-order valence-electron chi connectivity index (χ0n) is 22.0. The van der Waals surface area contributed by atoms with Gasteiger partial charge in [-0.05, 0) is 0 Å². The lowest BCUT2D eigenvalue weighted by atomic mass is 10.2. The first-order chi connectivity index (χ1) is 19.7. The summed E-state index contributed by atoms with van der Waals surface area (Å²) in [6.45, 7) is 2.59. The molecule has 5 heterocycles. The number of halogens is 1. The number of aromatic nitrogens is 9. The van der Waals surface area contributed by atoms with Gasteiger partial charge in [0.05, 0.1) is 55.4 Å². The average molecular weight is 546 g/mol. The normalized spacial score (nSPS) is 15.1. The van der Waals surface area contributed by atoms with Gasteiger partial charge in [0.15, 0.2) is 5.82 Å². The van der Waals surface area contributed by atoms with E-state index in [0.717, 1.165) is 5.56 Å². The number of hydrogen-bond donors (Lipinski definition) is 0. The Kier molecular flexibility index (Phi) is 9.07. The Balaban J connectivity index is 1.21. The molecule has 40 heavy (non-hydrogen) atoms. The second-order valence-electron chi connectivity index (χ2n) is 8.83. The highest BCUT2D eigenvalue weighted by Crippen LogP contribution is 2.19. The Hall–Kier alpha value is -4.61. The molecular formula is C26H28FN11O2. The van der Waals surface area contributed by atoms with Crippen LogP contribution in [0.3, 0.4) is 0 Å². The fraction of sp³-hybridized carbons (Fsp3) is 0.385. The topological polar surface area (TPSA) is 133 Å². The number of anilines is 2. The molecule has 0 radical (unpaired) electrons. The van der Waals surface area contributed by atoms with Gasteiger partial charge < -0.3 is 19.3 Å². The fourth-order valence-electron chi connectivity index (χ4n) is 4.09. The van der Waals surface area contributed by atoms with Crippen molar-refractivity contribution in [1.82, 2.24) is 44.7 Å². The SMILES string of the molecule is Cn1cc(-c2ncc(C#Cc3cnc(N4CCN(c5ncncn5)[C@@H](COCCOCCF)C4)nc3)cn2)cn1. The van der Waals surface area contributed by atoms with E-state index in [1.165, 1.54) is 12.7 Å². The van der Waals surface area contributed by atoms with Gasteiger partial charge in [0.2, 0.25) is 11.9 Å². The molecule has 14 heteroatoms. The van der Waals surface area contributed by atoms with Gasteiger partial charge in [-0.3, -0.25) is 4.68 Å². The fourth-order valence-corrected chi connectivity index (χ4v) is 4.09. The van der Waals surface area contributed by atoms with Crippen LogP contribution in [0.2, 0.25) is 0 Å². The van der Waals surface area contributed by atoms with Crippen LogP contribution in [-0.4, -0.2) is 103 Å². The van der Waals surface area contributed by atoms with Crippen molar-refractivity contribution in [2.75, 3.05) is 62.5 Å². The van der Waals surface area contributed by atoms with Gasteiger partial charge >= 0.3 is 0 Å². The van der Waals surface area contributed by atoms with Crippen LogP contribution in [0.4, 0.5) is 16.3 Å². The molecule has 5 rings (SSSR count). The van der Waals surface area contributed by atoms with E-state index in [1.54, 1.807) is 35.7 Å². The van der Waals surface area contributed by atoms with E-state index in [0.29, 0.717) is 68.3 Å². The van der Waals surface area contributed by atoms with Gasteiger partial charge in [0, 0.05) is 57.7 Å². The third kappa shape index (κ3) is 7.07. The highest BCUT2D eigenvalue weighted by atomic mass is 19.1. The number of hydrogen-bond acceptors (Lipinski definition) is 12. The third-order valence-electron chi connectivity index (χ3n) is 6.01. The average Bonchev–Trinajstić information content (AvgIpc) is 3.45. The Bertz CT molecular complexity index is 1410. The smallest absolute Gasteiger partial charge is 0.228 e. The lowest BCUT2D eigenvalue weighted by Gasteiger charge is -2.41. The van der Waals surface area contributed by atoms with Crippen LogP contribution in [-0.2, 0) is 16.5 Å². The van der Waals surface area contributed by atoms with Gasteiger partial charge in [-0.1, -0.05) is 11.8 Å². The Labute approximate surface area is 230 Å². The van der Waals surface area contributed by atoms with Crippen LogP contribution in [0.25, 0.3) is 11.4 Å². The summed E-state index contributed by atoms with van der Waals surface area (Å²) in [6.07, 6.45) is 13.3. The summed E-state index contributed by atoms with van der Waals surface area (Å²) in [5, 5.41) is 4.14. The van der Waals surface area contributed by atoms with Crippen LogP contribution >= 0.6 is 0 Å². The highest BCUT2D eigenvalue weighted by Gasteiger charge is 2.30. The van der Waals surface area contributed by atoms with Crippen molar-refractivity contribution in [2.24, 2.45) is 7.05 Å². The molecule has 1 aliphatic rings. The van der Waals surface area contributed by atoms with E-state index in [1.807, 2.05) is 13.2 Å². The van der Waals surface area contributed by atoms with E-state index < -0.39 is 6.67 Å². The van der Waals surface area contributed by atoms with Crippen molar-refractivity contribution in [3.05, 3.63) is 61.0 Å². The molecule has 4 aromatic rings. The maximum atomic E-state index is 12.2. The largest absolute Gasteiger partial charge is 0.377 e. The van der Waals surface area contributed by atoms with Crippen LogP contribution in [0, 0.1) is 11.8 Å². The summed E-state index contributed by atoms with van der Waals surface area (Å²) in [5.41, 5.74) is 2.21. The second kappa shape index (κ2) is 13.5. The van der Waals surface area contributed by atoms with Crippen LogP contribution in [0.15, 0.2) is 49.8 Å². The molecule has 0 unspecified atom stereocenters. The van der Waals surface area contributed by atoms with Crippen LogP contribution < -0.4 is 9.80 Å². The molecule has 0 bridgehead atoms. The lowest BCUT2D eigenvalue weighted by Crippen LogP contribution is -2.56. The predicted molar refractivity (Wildman–Crippen MR) is 143 cm³/mol. The summed E-state index contributed by atoms with van der Waals surface area (Å²) < 4.78 is 24.9. The van der Waals surface area contributed by atoms with Crippen molar-refractivity contribution in [3.8, 4) is 23.2 Å². The van der Waals surface area contributed by atoms with E-state index in [9.17, 15) is 4.39 Å². The molecule has 0 saturated carbocycles. The predicted octanol–water partition coefficient (Wildman–Crippen LogP) is 0.950. The molecule has 1 atom stereocenters. The van der Waals surface area contributed by atoms with E-state index in [2.05, 4.69) is 61.6 Å². The molecule has 0 N–H and O–H groups in total. The Morgan fingerprint density at radius 1 is 0.850 bits per heavy atom. The highest BCUT2D eigenvalue weighted by molar-refractivity contribution is 5.52. The quantitative estimate of drug-likeness (QED) is 0.207. The minimum Gasteiger partial charge on any atom is -0.377 e. The zero-order valence-corrected chi connectivity index (χ0v) is 22.0. The molecule has 0 amide bonds. The number of rotatable bonds is 10. The molecule has 206 valence electrons. The number of aryl methyl sites for hydroxylation is 1. The molecule has 1 aliphatic heterocycles. The van der Waals surface area contributed by atoms with Gasteiger partial charge in [0.25, 0.3) is 0 Å². The number of piperazine rings is 1. The molecule has 4 aromatic heterocycles. The van der Waals surface area contributed by atoms with E-state index in [-0.39, 0.29) is 12.6 Å². The van der Waals surface area contributed by atoms with E-state index >= 15 is 0 Å².